The zero-order valence-electron chi connectivity index (χ0n) is 13.8. The standard InChI is InChI=1S/C17H18BrF5N2O/c18-15-9-14(26-24-15)12-5-7-25(8-6-12)10-11-1-3-13(4-2-11)16(19,20)17(21,22)23/h1-4,12,14H,5-10H2. The minimum Gasteiger partial charge on any atom is -0.391 e. The second-order valence-corrected chi connectivity index (χ2v) is 7.61. The summed E-state index contributed by atoms with van der Waals surface area (Å²) in [6.45, 7) is 2.17. The Morgan fingerprint density at radius 3 is 2.19 bits per heavy atom. The van der Waals surface area contributed by atoms with Crippen molar-refractivity contribution in [1.82, 2.24) is 4.90 Å². The molecular weight excluding hydrogens is 423 g/mol. The molecule has 0 bridgehead atoms. The summed E-state index contributed by atoms with van der Waals surface area (Å²) in [5.41, 5.74) is -0.315. The van der Waals surface area contributed by atoms with Crippen LogP contribution in [0.4, 0.5) is 22.0 Å². The Bertz CT molecular complexity index is 654. The number of hydrogen-bond acceptors (Lipinski definition) is 3. The predicted molar refractivity (Wildman–Crippen MR) is 90.2 cm³/mol. The van der Waals surface area contributed by atoms with Crippen LogP contribution in [0.2, 0.25) is 0 Å². The Morgan fingerprint density at radius 1 is 1.08 bits per heavy atom. The zero-order chi connectivity index (χ0) is 18.9. The number of likely N-dealkylation sites (tertiary alicyclic amines) is 1. The zero-order valence-corrected chi connectivity index (χ0v) is 15.4. The minimum absolute atomic E-state index is 0.0930. The third-order valence-electron chi connectivity index (χ3n) is 4.89. The van der Waals surface area contributed by atoms with Crippen molar-refractivity contribution in [2.45, 2.75) is 44.0 Å². The lowest BCUT2D eigenvalue weighted by Gasteiger charge is -2.33. The summed E-state index contributed by atoms with van der Waals surface area (Å²) in [6, 6.07) is 4.39. The van der Waals surface area contributed by atoms with Gasteiger partial charge in [0.2, 0.25) is 0 Å². The van der Waals surface area contributed by atoms with Crippen molar-refractivity contribution in [2.24, 2.45) is 11.1 Å². The monoisotopic (exact) mass is 440 g/mol. The van der Waals surface area contributed by atoms with Crippen molar-refractivity contribution in [3.8, 4) is 0 Å². The molecule has 0 radical (unpaired) electrons. The smallest absolute Gasteiger partial charge is 0.391 e. The minimum atomic E-state index is -5.59. The number of piperidine rings is 1. The average molecular weight is 441 g/mol. The Kier molecular flexibility index (Phi) is 5.58. The van der Waals surface area contributed by atoms with Crippen LogP contribution in [0.3, 0.4) is 0 Å². The maximum atomic E-state index is 13.3. The van der Waals surface area contributed by atoms with Crippen molar-refractivity contribution in [2.75, 3.05) is 13.1 Å². The number of nitrogens with zero attached hydrogens (tertiary/aromatic N) is 2. The van der Waals surface area contributed by atoms with E-state index in [-0.39, 0.29) is 6.10 Å². The number of alkyl halides is 5. The quantitative estimate of drug-likeness (QED) is 0.612. The molecule has 1 fully saturated rings. The Hall–Kier alpha value is -1.22. The van der Waals surface area contributed by atoms with Crippen LogP contribution in [0.5, 0.6) is 0 Å². The molecular formula is C17H18BrF5N2O. The Balaban J connectivity index is 1.53. The third-order valence-corrected chi connectivity index (χ3v) is 5.36. The van der Waals surface area contributed by atoms with E-state index < -0.39 is 17.7 Å². The molecule has 0 saturated carbocycles. The normalized spacial score (nSPS) is 23.0. The molecule has 1 aromatic rings. The van der Waals surface area contributed by atoms with Gasteiger partial charge >= 0.3 is 12.1 Å². The molecule has 0 N–H and O–H groups in total. The van der Waals surface area contributed by atoms with Crippen molar-refractivity contribution >= 4 is 20.6 Å². The molecule has 1 atom stereocenters. The average Bonchev–Trinajstić information content (AvgIpc) is 3.01. The van der Waals surface area contributed by atoms with Crippen LogP contribution in [0.1, 0.15) is 30.4 Å². The number of benzene rings is 1. The summed E-state index contributed by atoms with van der Waals surface area (Å²) >= 11 is 3.32. The fourth-order valence-corrected chi connectivity index (χ4v) is 3.75. The third kappa shape index (κ3) is 4.19. The van der Waals surface area contributed by atoms with Gasteiger partial charge < -0.3 is 4.84 Å². The molecule has 1 saturated heterocycles. The molecule has 1 unspecified atom stereocenters. The Morgan fingerprint density at radius 2 is 1.69 bits per heavy atom. The van der Waals surface area contributed by atoms with E-state index in [0.717, 1.165) is 49.1 Å². The van der Waals surface area contributed by atoms with Crippen LogP contribution in [0, 0.1) is 5.92 Å². The molecule has 3 rings (SSSR count). The number of rotatable bonds is 4. The number of halogens is 6. The molecule has 2 aliphatic heterocycles. The first-order valence-corrected chi connectivity index (χ1v) is 9.10. The highest BCUT2D eigenvalue weighted by Gasteiger charge is 2.58. The first kappa shape index (κ1) is 19.5. The van der Waals surface area contributed by atoms with Gasteiger partial charge in [-0.2, -0.15) is 22.0 Å². The summed E-state index contributed by atoms with van der Waals surface area (Å²) < 4.78 is 64.6. The van der Waals surface area contributed by atoms with Crippen LogP contribution in [-0.4, -0.2) is 34.9 Å². The van der Waals surface area contributed by atoms with Gasteiger partial charge in [0, 0.05) is 24.4 Å². The van der Waals surface area contributed by atoms with E-state index in [1.54, 1.807) is 0 Å². The lowest BCUT2D eigenvalue weighted by Crippen LogP contribution is -2.37. The van der Waals surface area contributed by atoms with Crippen molar-refractivity contribution < 1.29 is 26.8 Å². The maximum Gasteiger partial charge on any atom is 0.458 e. The molecule has 1 aromatic carbocycles. The number of oxime groups is 1. The van der Waals surface area contributed by atoms with Crippen LogP contribution in [0.25, 0.3) is 0 Å². The predicted octanol–water partition coefficient (Wildman–Crippen LogP) is 5.05. The highest BCUT2D eigenvalue weighted by atomic mass is 79.9. The lowest BCUT2D eigenvalue weighted by molar-refractivity contribution is -0.289. The molecule has 2 heterocycles. The van der Waals surface area contributed by atoms with Gasteiger partial charge in [0.25, 0.3) is 0 Å². The van der Waals surface area contributed by atoms with Gasteiger partial charge in [-0.3, -0.25) is 4.90 Å². The lowest BCUT2D eigenvalue weighted by atomic mass is 9.90. The summed E-state index contributed by atoms with van der Waals surface area (Å²) in [5, 5.41) is 3.90. The highest BCUT2D eigenvalue weighted by molar-refractivity contribution is 9.18. The fraction of sp³-hybridized carbons (Fsp3) is 0.588. The topological polar surface area (TPSA) is 24.8 Å². The molecule has 144 valence electrons. The van der Waals surface area contributed by atoms with Crippen molar-refractivity contribution in [1.29, 1.82) is 0 Å². The molecule has 2 aliphatic rings. The largest absolute Gasteiger partial charge is 0.458 e. The number of hydrogen-bond donors (Lipinski definition) is 0. The molecule has 0 amide bonds. The molecule has 9 heteroatoms. The Labute approximate surface area is 156 Å². The highest BCUT2D eigenvalue weighted by Crippen LogP contribution is 2.43. The molecule has 0 spiro atoms. The van der Waals surface area contributed by atoms with Crippen molar-refractivity contribution in [3.05, 3.63) is 35.4 Å². The van der Waals surface area contributed by atoms with Crippen molar-refractivity contribution in [3.63, 3.8) is 0 Å². The van der Waals surface area contributed by atoms with E-state index in [2.05, 4.69) is 26.0 Å². The van der Waals surface area contributed by atoms with Gasteiger partial charge in [0.15, 0.2) is 0 Å². The van der Waals surface area contributed by atoms with Gasteiger partial charge in [-0.25, -0.2) is 0 Å². The molecule has 0 aromatic heterocycles. The second kappa shape index (κ2) is 7.42. The van der Waals surface area contributed by atoms with Crippen LogP contribution >= 0.6 is 15.9 Å². The molecule has 26 heavy (non-hydrogen) atoms. The summed E-state index contributed by atoms with van der Waals surface area (Å²) in [5.74, 6) is -4.42. The van der Waals surface area contributed by atoms with Gasteiger partial charge in [-0.15, -0.1) is 0 Å². The van der Waals surface area contributed by atoms with Gasteiger partial charge in [0.05, 0.1) is 0 Å². The summed E-state index contributed by atoms with van der Waals surface area (Å²) in [4.78, 5) is 7.56. The summed E-state index contributed by atoms with van der Waals surface area (Å²) in [7, 11) is 0. The van der Waals surface area contributed by atoms with E-state index in [0.29, 0.717) is 18.0 Å². The van der Waals surface area contributed by atoms with E-state index in [9.17, 15) is 22.0 Å². The van der Waals surface area contributed by atoms with Gasteiger partial charge in [0.1, 0.15) is 10.7 Å². The molecule has 0 aliphatic carbocycles. The van der Waals surface area contributed by atoms with E-state index in [1.807, 2.05) is 0 Å². The SMILES string of the molecule is FC(F)(F)C(F)(F)c1ccc(CN2CCC(C3CC(Br)=NO3)CC2)cc1. The van der Waals surface area contributed by atoms with E-state index in [4.69, 9.17) is 4.84 Å². The molecule has 3 nitrogen and oxygen atoms in total. The maximum absolute atomic E-state index is 13.3. The second-order valence-electron chi connectivity index (χ2n) is 6.70. The van der Waals surface area contributed by atoms with Crippen LogP contribution < -0.4 is 0 Å². The summed E-state index contributed by atoms with van der Waals surface area (Å²) in [6.07, 6.45) is -2.85. The first-order valence-electron chi connectivity index (χ1n) is 8.31. The van der Waals surface area contributed by atoms with Gasteiger partial charge in [-0.05, 0) is 47.4 Å². The van der Waals surface area contributed by atoms with E-state index in [1.165, 1.54) is 12.1 Å². The van der Waals surface area contributed by atoms with E-state index >= 15 is 0 Å². The van der Waals surface area contributed by atoms with Crippen LogP contribution in [-0.2, 0) is 17.3 Å². The first-order chi connectivity index (χ1) is 12.2. The fourth-order valence-electron chi connectivity index (χ4n) is 3.34. The van der Waals surface area contributed by atoms with Crippen LogP contribution in [0.15, 0.2) is 29.4 Å². The van der Waals surface area contributed by atoms with Gasteiger partial charge in [-0.1, -0.05) is 29.4 Å².